The highest BCUT2D eigenvalue weighted by Crippen LogP contribution is 2.70. The molecule has 16 nitrogen and oxygen atoms in total. The van der Waals surface area contributed by atoms with E-state index in [0.717, 1.165) is 32.2 Å². The van der Waals surface area contributed by atoms with Crippen molar-refractivity contribution in [3.05, 3.63) is 11.6 Å². The van der Waals surface area contributed by atoms with Crippen LogP contribution in [0.4, 0.5) is 0 Å². The molecular formula is C45H73NO15. The molecule has 4 aliphatic carbocycles. The molecule has 0 radical (unpaired) electrons. The van der Waals surface area contributed by atoms with Gasteiger partial charge in [0.25, 0.3) is 0 Å². The molecule has 61 heavy (non-hydrogen) atoms. The van der Waals surface area contributed by atoms with Crippen molar-refractivity contribution in [1.82, 2.24) is 5.32 Å². The van der Waals surface area contributed by atoms with Gasteiger partial charge in [-0.3, -0.25) is 5.32 Å². The molecule has 9 N–H and O–H groups in total. The summed E-state index contributed by atoms with van der Waals surface area (Å²) >= 11 is 0. The third-order valence-corrected chi connectivity index (χ3v) is 17.9. The largest absolute Gasteiger partial charge is 0.394 e. The van der Waals surface area contributed by atoms with E-state index < -0.39 is 98.7 Å². The first-order valence-corrected chi connectivity index (χ1v) is 23.3. The molecule has 1 spiro atoms. The molecule has 9 aliphatic rings. The predicted octanol–water partition coefficient (Wildman–Crippen LogP) is 0.815. The van der Waals surface area contributed by atoms with Crippen molar-refractivity contribution in [2.75, 3.05) is 13.2 Å². The highest BCUT2D eigenvalue weighted by Gasteiger charge is 2.68. The summed E-state index contributed by atoms with van der Waals surface area (Å²) < 4.78 is 43.7. The number of rotatable bonds is 7. The van der Waals surface area contributed by atoms with Gasteiger partial charge in [0.2, 0.25) is 0 Å². The molecule has 5 heterocycles. The first-order chi connectivity index (χ1) is 28.9. The topological polar surface area (TPSA) is 238 Å². The van der Waals surface area contributed by atoms with Gasteiger partial charge in [0.05, 0.1) is 31.0 Å². The Morgan fingerprint density at radius 2 is 1.36 bits per heavy atom. The summed E-state index contributed by atoms with van der Waals surface area (Å²) in [6.45, 7) is 13.2. The van der Waals surface area contributed by atoms with Crippen LogP contribution in [0.25, 0.3) is 0 Å². The molecule has 0 aromatic heterocycles. The van der Waals surface area contributed by atoms with Crippen molar-refractivity contribution >= 4 is 0 Å². The molecule has 8 fully saturated rings. The molecule has 9 rings (SSSR count). The van der Waals surface area contributed by atoms with E-state index in [1.807, 2.05) is 0 Å². The summed E-state index contributed by atoms with van der Waals surface area (Å²) in [5.74, 6) is 3.43. The first-order valence-electron chi connectivity index (χ1n) is 23.3. The van der Waals surface area contributed by atoms with Crippen molar-refractivity contribution in [1.29, 1.82) is 0 Å². The minimum absolute atomic E-state index is 0.00472. The number of hydrogen-bond donors (Lipinski definition) is 9. The molecule has 3 saturated carbocycles. The summed E-state index contributed by atoms with van der Waals surface area (Å²) in [4.78, 5) is 0. The first kappa shape index (κ1) is 45.3. The number of ether oxygens (including phenoxy) is 7. The lowest BCUT2D eigenvalue weighted by Crippen LogP contribution is -2.66. The van der Waals surface area contributed by atoms with Crippen molar-refractivity contribution in [3.8, 4) is 0 Å². The predicted molar refractivity (Wildman–Crippen MR) is 215 cm³/mol. The molecule has 26 atom stereocenters. The van der Waals surface area contributed by atoms with Gasteiger partial charge in [-0.1, -0.05) is 39.3 Å². The van der Waals surface area contributed by atoms with E-state index in [2.05, 4.69) is 39.1 Å². The Labute approximate surface area is 359 Å². The molecule has 5 saturated heterocycles. The maximum atomic E-state index is 12.0. The summed E-state index contributed by atoms with van der Waals surface area (Å²) in [7, 11) is 0. The van der Waals surface area contributed by atoms with Gasteiger partial charge in [-0.05, 0) is 112 Å². The second-order valence-electron chi connectivity index (χ2n) is 21.2. The van der Waals surface area contributed by atoms with Crippen LogP contribution in [-0.2, 0) is 33.2 Å². The molecule has 0 aromatic rings. The van der Waals surface area contributed by atoms with Crippen molar-refractivity contribution < 1.29 is 74.0 Å². The number of hydrogen-bond acceptors (Lipinski definition) is 16. The van der Waals surface area contributed by atoms with E-state index in [1.165, 1.54) is 38.7 Å². The monoisotopic (exact) mass is 867 g/mol. The van der Waals surface area contributed by atoms with Crippen LogP contribution in [0.15, 0.2) is 11.6 Å². The Balaban J connectivity index is 0.916. The summed E-state index contributed by atoms with van der Waals surface area (Å²) in [5.41, 5.74) is 1.41. The average Bonchev–Trinajstić information content (AvgIpc) is 3.69. The van der Waals surface area contributed by atoms with Gasteiger partial charge in [0.1, 0.15) is 66.8 Å². The summed E-state index contributed by atoms with van der Waals surface area (Å²) in [5, 5.41) is 89.8. The van der Waals surface area contributed by atoms with Gasteiger partial charge >= 0.3 is 0 Å². The lowest BCUT2D eigenvalue weighted by molar-refractivity contribution is -0.388. The van der Waals surface area contributed by atoms with Gasteiger partial charge in [0.15, 0.2) is 18.9 Å². The van der Waals surface area contributed by atoms with Crippen LogP contribution in [0.3, 0.4) is 0 Å². The Morgan fingerprint density at radius 3 is 1.98 bits per heavy atom. The Bertz CT molecular complexity index is 1600. The normalized spacial score (nSPS) is 58.4. The fourth-order valence-electron chi connectivity index (χ4n) is 14.2. The fourth-order valence-corrected chi connectivity index (χ4v) is 14.2. The van der Waals surface area contributed by atoms with E-state index in [1.54, 1.807) is 0 Å². The van der Waals surface area contributed by atoms with Crippen molar-refractivity contribution in [2.45, 2.75) is 209 Å². The van der Waals surface area contributed by atoms with Gasteiger partial charge in [-0.25, -0.2) is 0 Å². The Kier molecular flexibility index (Phi) is 12.4. The smallest absolute Gasteiger partial charge is 0.187 e. The molecule has 0 bridgehead atoms. The second-order valence-corrected chi connectivity index (χ2v) is 21.2. The number of nitrogens with one attached hydrogen (secondary N) is 1. The molecule has 0 aromatic carbocycles. The summed E-state index contributed by atoms with van der Waals surface area (Å²) in [6, 6.07) is 0. The molecule has 1 unspecified atom stereocenters. The van der Waals surface area contributed by atoms with Gasteiger partial charge in [-0.2, -0.15) is 0 Å². The number of aliphatic hydroxyl groups excluding tert-OH is 8. The van der Waals surface area contributed by atoms with Crippen LogP contribution in [0.5, 0.6) is 0 Å². The molecule has 348 valence electrons. The third kappa shape index (κ3) is 7.42. The van der Waals surface area contributed by atoms with Crippen LogP contribution in [0.2, 0.25) is 0 Å². The minimum atomic E-state index is -1.70. The Morgan fingerprint density at radius 1 is 0.705 bits per heavy atom. The molecule has 16 heteroatoms. The van der Waals surface area contributed by atoms with Gasteiger partial charge < -0.3 is 74.0 Å². The van der Waals surface area contributed by atoms with Crippen LogP contribution >= 0.6 is 0 Å². The van der Waals surface area contributed by atoms with Gasteiger partial charge in [0, 0.05) is 12.5 Å². The zero-order valence-corrected chi connectivity index (χ0v) is 36.6. The number of aliphatic hydroxyl groups is 8. The van der Waals surface area contributed by atoms with E-state index >= 15 is 0 Å². The number of piperidine rings is 1. The van der Waals surface area contributed by atoms with E-state index in [9.17, 15) is 40.9 Å². The van der Waals surface area contributed by atoms with Gasteiger partial charge in [-0.15, -0.1) is 0 Å². The zero-order valence-electron chi connectivity index (χ0n) is 36.6. The van der Waals surface area contributed by atoms with E-state index in [0.29, 0.717) is 54.5 Å². The lowest BCUT2D eigenvalue weighted by Gasteiger charge is -2.59. The summed E-state index contributed by atoms with van der Waals surface area (Å²) in [6.07, 6.45) is -9.93. The zero-order chi connectivity index (χ0) is 43.5. The van der Waals surface area contributed by atoms with Crippen molar-refractivity contribution in [2.24, 2.45) is 46.3 Å². The third-order valence-electron chi connectivity index (χ3n) is 17.9. The maximum Gasteiger partial charge on any atom is 0.187 e. The quantitative estimate of drug-likeness (QED) is 0.161. The molecule has 5 aliphatic heterocycles. The molecular weight excluding hydrogens is 794 g/mol. The average molecular weight is 868 g/mol. The van der Waals surface area contributed by atoms with Crippen molar-refractivity contribution in [3.63, 3.8) is 0 Å². The van der Waals surface area contributed by atoms with Crippen LogP contribution in [-0.4, -0.2) is 164 Å². The highest BCUT2D eigenvalue weighted by atomic mass is 16.8. The van der Waals surface area contributed by atoms with E-state index in [4.69, 9.17) is 33.2 Å². The number of allylic oxidation sites excluding steroid dienone is 1. The standard InChI is InChI=1S/C45H73NO15/c1-19-9-14-45(46-17-19)20(2)30-28(61-45)16-27-25-8-7-23-15-24(10-12-43(23,5)26(25)11-13-44(27,30)6)57-42-39(60-41-36(53)34(51)32(49)22(4)56-41)37(54)38(29(18-47)58-42)59-40-35(52)33(50)31(48)21(3)55-40/h7,19-22,24-42,46-54H,8-18H2,1-6H3/t19-,20+,21+,22+,24+,25-,26+,27+,28+,29-,30?,31+,32+,33-,34-,35-,36-,37+,38-,39-,40+,41+,42-,43+,44+,45-/m1/s1. The molecule has 0 amide bonds. The van der Waals surface area contributed by atoms with Crippen LogP contribution in [0.1, 0.15) is 99.3 Å². The minimum Gasteiger partial charge on any atom is -0.394 e. The van der Waals surface area contributed by atoms with E-state index in [-0.39, 0.29) is 22.7 Å². The second kappa shape index (κ2) is 16.8. The lowest BCUT2D eigenvalue weighted by atomic mass is 9.47. The maximum absolute atomic E-state index is 12.0. The SMILES string of the molecule is C[C@@H]1CC[C@@]2(NC1)O[C@H]1C[C@H]3[C@@H]4CC=C5C[C@@H](O[C@@H]6O[C@H](CO)[C@@H](O[C@@H]7O[C@@H](C)[C@H](O)[C@@H](O)[C@H]7O)[C@H](O)[C@H]6O[C@@H]6O[C@@H](C)[C@H](O)[C@@H](O)[C@H]6O)CC[C@]5(C)[C@H]4CC[C@]3(C)C1[C@@H]2C. The van der Waals surface area contributed by atoms with Crippen LogP contribution in [0, 0.1) is 46.3 Å². The highest BCUT2D eigenvalue weighted by molar-refractivity contribution is 5.26. The van der Waals surface area contributed by atoms with Crippen LogP contribution < -0.4 is 5.32 Å². The number of fused-ring (bicyclic) bond motifs is 7. The Hall–Kier alpha value is -0.900. The fraction of sp³-hybridized carbons (Fsp3) is 0.956.